The van der Waals surface area contributed by atoms with Gasteiger partial charge >= 0.3 is 6.03 Å². The third kappa shape index (κ3) is 3.82. The average Bonchev–Trinajstić information content (AvgIpc) is 2.87. The molecule has 1 fully saturated rings. The second-order valence-electron chi connectivity index (χ2n) is 9.02. The van der Waals surface area contributed by atoms with Gasteiger partial charge in [-0.15, -0.1) is 0 Å². The van der Waals surface area contributed by atoms with Gasteiger partial charge in [0.25, 0.3) is 5.91 Å². The minimum atomic E-state index is -1.19. The molecule has 3 rings (SSSR count). The molecule has 1 aliphatic heterocycles. The number of ketones is 1. The summed E-state index contributed by atoms with van der Waals surface area (Å²) in [6, 6.07) is 12.7. The molecule has 0 saturated carbocycles. The molecule has 0 unspecified atom stereocenters. The Morgan fingerprint density at radius 1 is 1.03 bits per heavy atom. The molecule has 0 spiro atoms. The van der Waals surface area contributed by atoms with Crippen LogP contribution in [0.2, 0.25) is 0 Å². The second kappa shape index (κ2) is 7.14. The molecule has 1 atom stereocenters. The van der Waals surface area contributed by atoms with Gasteiger partial charge in [0.1, 0.15) is 5.54 Å². The molecule has 5 heteroatoms. The summed E-state index contributed by atoms with van der Waals surface area (Å²) in [4.78, 5) is 39.5. The number of nitrogens with zero attached hydrogens (tertiary/aromatic N) is 1. The second-order valence-corrected chi connectivity index (χ2v) is 9.02. The molecule has 5 nitrogen and oxygen atoms in total. The number of nitrogens with one attached hydrogen (secondary N) is 1. The Labute approximate surface area is 172 Å². The maximum Gasteiger partial charge on any atom is 0.325 e. The van der Waals surface area contributed by atoms with Crippen molar-refractivity contribution in [2.45, 2.75) is 52.5 Å². The average molecular weight is 392 g/mol. The molecule has 1 N–H and O–H groups in total. The molecule has 0 bridgehead atoms. The number of benzene rings is 2. The van der Waals surface area contributed by atoms with Gasteiger partial charge in [0.15, 0.2) is 5.78 Å². The van der Waals surface area contributed by atoms with Gasteiger partial charge in [0.2, 0.25) is 0 Å². The summed E-state index contributed by atoms with van der Waals surface area (Å²) < 4.78 is 0. The number of amides is 3. The summed E-state index contributed by atoms with van der Waals surface area (Å²) in [7, 11) is 0. The van der Waals surface area contributed by atoms with Crippen molar-refractivity contribution in [3.05, 3.63) is 70.3 Å². The molecule has 0 aromatic heterocycles. The van der Waals surface area contributed by atoms with Gasteiger partial charge in [-0.3, -0.25) is 14.5 Å². The number of carbonyl (C=O) groups is 3. The fourth-order valence-corrected chi connectivity index (χ4v) is 3.60. The number of hydrogen-bond donors (Lipinski definition) is 1. The predicted molar refractivity (Wildman–Crippen MR) is 113 cm³/mol. The fourth-order valence-electron chi connectivity index (χ4n) is 3.60. The van der Waals surface area contributed by atoms with Crippen LogP contribution in [0.25, 0.3) is 0 Å². The lowest BCUT2D eigenvalue weighted by Gasteiger charge is -2.24. The SMILES string of the molecule is Cc1ccc(C)c(C(=O)CN2C(=O)N[C@](C)(c3ccc(C(C)(C)C)cc3)C2=O)c1. The van der Waals surface area contributed by atoms with E-state index in [1.807, 2.05) is 50.2 Å². The third-order valence-corrected chi connectivity index (χ3v) is 5.60. The molecule has 0 aliphatic carbocycles. The minimum Gasteiger partial charge on any atom is -0.319 e. The highest BCUT2D eigenvalue weighted by Crippen LogP contribution is 2.31. The Kier molecular flexibility index (Phi) is 5.11. The third-order valence-electron chi connectivity index (χ3n) is 5.60. The van der Waals surface area contributed by atoms with Crippen LogP contribution < -0.4 is 5.32 Å². The van der Waals surface area contributed by atoms with E-state index < -0.39 is 17.5 Å². The molecule has 1 aliphatic rings. The maximum absolute atomic E-state index is 13.1. The van der Waals surface area contributed by atoms with E-state index in [2.05, 4.69) is 26.1 Å². The largest absolute Gasteiger partial charge is 0.325 e. The first-order valence-electron chi connectivity index (χ1n) is 9.79. The summed E-state index contributed by atoms with van der Waals surface area (Å²) in [5, 5.41) is 2.77. The van der Waals surface area contributed by atoms with Crippen molar-refractivity contribution in [3.63, 3.8) is 0 Å². The van der Waals surface area contributed by atoms with Gasteiger partial charge in [-0.2, -0.15) is 0 Å². The fraction of sp³-hybridized carbons (Fsp3) is 0.375. The molecule has 2 aromatic carbocycles. The molecular weight excluding hydrogens is 364 g/mol. The first-order valence-corrected chi connectivity index (χ1v) is 9.79. The van der Waals surface area contributed by atoms with Crippen LogP contribution in [-0.2, 0) is 15.7 Å². The first-order chi connectivity index (χ1) is 13.4. The lowest BCUT2D eigenvalue weighted by Crippen LogP contribution is -2.41. The molecular formula is C24H28N2O3. The summed E-state index contributed by atoms with van der Waals surface area (Å²) >= 11 is 0. The van der Waals surface area contributed by atoms with E-state index in [9.17, 15) is 14.4 Å². The van der Waals surface area contributed by atoms with Crippen LogP contribution in [0.3, 0.4) is 0 Å². The highest BCUT2D eigenvalue weighted by atomic mass is 16.2. The number of imide groups is 1. The van der Waals surface area contributed by atoms with E-state index in [1.54, 1.807) is 13.0 Å². The normalized spacial score (nSPS) is 19.4. The number of aryl methyl sites for hydroxylation is 2. The van der Waals surface area contributed by atoms with Gasteiger partial charge in [0.05, 0.1) is 6.54 Å². The van der Waals surface area contributed by atoms with E-state index in [1.165, 1.54) is 0 Å². The zero-order valence-electron chi connectivity index (χ0n) is 17.9. The zero-order chi connectivity index (χ0) is 21.6. The number of urea groups is 1. The van der Waals surface area contributed by atoms with Crippen molar-refractivity contribution >= 4 is 17.7 Å². The summed E-state index contributed by atoms with van der Waals surface area (Å²) in [6.07, 6.45) is 0. The number of rotatable bonds is 4. The summed E-state index contributed by atoms with van der Waals surface area (Å²) in [5.74, 6) is -0.660. The van der Waals surface area contributed by atoms with Crippen LogP contribution in [0.4, 0.5) is 4.79 Å². The molecule has 2 aromatic rings. The van der Waals surface area contributed by atoms with Crippen molar-refractivity contribution in [2.75, 3.05) is 6.54 Å². The van der Waals surface area contributed by atoms with Crippen LogP contribution in [-0.4, -0.2) is 29.2 Å². The van der Waals surface area contributed by atoms with Crippen LogP contribution in [0.1, 0.15) is 60.3 Å². The quantitative estimate of drug-likeness (QED) is 0.625. The monoisotopic (exact) mass is 392 g/mol. The molecule has 1 saturated heterocycles. The number of Topliss-reactive ketones (excluding diaryl/α,β-unsaturated/α-hetero) is 1. The van der Waals surface area contributed by atoms with Crippen molar-refractivity contribution in [1.29, 1.82) is 0 Å². The highest BCUT2D eigenvalue weighted by Gasteiger charge is 2.49. The number of hydrogen-bond acceptors (Lipinski definition) is 3. The maximum atomic E-state index is 13.1. The van der Waals surface area contributed by atoms with E-state index in [-0.39, 0.29) is 17.7 Å². The Hall–Kier alpha value is -2.95. The Morgan fingerprint density at radius 3 is 2.24 bits per heavy atom. The highest BCUT2D eigenvalue weighted by molar-refractivity contribution is 6.11. The van der Waals surface area contributed by atoms with Gasteiger partial charge in [-0.05, 0) is 48.9 Å². The Bertz CT molecular complexity index is 986. The van der Waals surface area contributed by atoms with Gasteiger partial charge < -0.3 is 5.32 Å². The predicted octanol–water partition coefficient (Wildman–Crippen LogP) is 4.25. The van der Waals surface area contributed by atoms with Crippen molar-refractivity contribution in [2.24, 2.45) is 0 Å². The molecule has 152 valence electrons. The minimum absolute atomic E-state index is 0.00744. The molecule has 0 radical (unpaired) electrons. The standard InChI is InChI=1S/C24H28N2O3/c1-15-7-8-16(2)19(13-15)20(27)14-26-21(28)24(6,25-22(26)29)18-11-9-17(10-12-18)23(3,4)5/h7-13H,14H2,1-6H3,(H,25,29)/t24-/m1/s1. The lowest BCUT2D eigenvalue weighted by molar-refractivity contribution is -0.130. The van der Waals surface area contributed by atoms with Crippen molar-refractivity contribution in [3.8, 4) is 0 Å². The molecule has 29 heavy (non-hydrogen) atoms. The van der Waals surface area contributed by atoms with Crippen molar-refractivity contribution in [1.82, 2.24) is 10.2 Å². The van der Waals surface area contributed by atoms with Gasteiger partial charge in [-0.1, -0.05) is 62.7 Å². The van der Waals surface area contributed by atoms with Crippen molar-refractivity contribution < 1.29 is 14.4 Å². The van der Waals surface area contributed by atoms with E-state index in [0.717, 1.165) is 21.6 Å². The van der Waals surface area contributed by atoms with Crippen LogP contribution in [0.5, 0.6) is 0 Å². The Balaban J connectivity index is 1.85. The smallest absolute Gasteiger partial charge is 0.319 e. The summed E-state index contributed by atoms with van der Waals surface area (Å²) in [6.45, 7) is 11.5. The van der Waals surface area contributed by atoms with Crippen LogP contribution in [0.15, 0.2) is 42.5 Å². The first kappa shape index (κ1) is 20.8. The van der Waals surface area contributed by atoms with E-state index in [0.29, 0.717) is 11.1 Å². The van der Waals surface area contributed by atoms with Crippen LogP contribution in [0, 0.1) is 13.8 Å². The van der Waals surface area contributed by atoms with Gasteiger partial charge in [0, 0.05) is 5.56 Å². The Morgan fingerprint density at radius 2 is 1.66 bits per heavy atom. The van der Waals surface area contributed by atoms with E-state index in [4.69, 9.17) is 0 Å². The lowest BCUT2D eigenvalue weighted by atomic mass is 9.84. The van der Waals surface area contributed by atoms with Gasteiger partial charge in [-0.25, -0.2) is 4.79 Å². The number of carbonyl (C=O) groups excluding carboxylic acids is 3. The van der Waals surface area contributed by atoms with E-state index >= 15 is 0 Å². The molecule has 3 amide bonds. The summed E-state index contributed by atoms with van der Waals surface area (Å²) in [5.41, 5.74) is 2.97. The van der Waals surface area contributed by atoms with Crippen LogP contribution >= 0.6 is 0 Å². The topological polar surface area (TPSA) is 66.5 Å². The molecule has 1 heterocycles. The zero-order valence-corrected chi connectivity index (χ0v) is 17.9.